The van der Waals surface area contributed by atoms with Gasteiger partial charge in [0.25, 0.3) is 0 Å². The molecule has 2 amide bonds. The molecule has 1 aliphatic rings. The van der Waals surface area contributed by atoms with Crippen molar-refractivity contribution in [3.05, 3.63) is 59.1 Å². The summed E-state index contributed by atoms with van der Waals surface area (Å²) in [5, 5.41) is 3.52. The van der Waals surface area contributed by atoms with Gasteiger partial charge in [0.15, 0.2) is 0 Å². The predicted molar refractivity (Wildman–Crippen MR) is 97.5 cm³/mol. The molecular formula is C18H17ClN2O2S. The van der Waals surface area contributed by atoms with E-state index in [1.54, 1.807) is 11.0 Å². The summed E-state index contributed by atoms with van der Waals surface area (Å²) in [6.07, 6.45) is 0. The fourth-order valence-electron chi connectivity index (χ4n) is 2.66. The van der Waals surface area contributed by atoms with Gasteiger partial charge in [-0.2, -0.15) is 0 Å². The van der Waals surface area contributed by atoms with Crippen molar-refractivity contribution < 1.29 is 9.59 Å². The first-order valence-corrected chi connectivity index (χ1v) is 8.98. The first-order chi connectivity index (χ1) is 11.6. The Morgan fingerprint density at radius 2 is 1.96 bits per heavy atom. The van der Waals surface area contributed by atoms with E-state index in [0.717, 1.165) is 16.1 Å². The monoisotopic (exact) mass is 360 g/mol. The molecule has 0 radical (unpaired) electrons. The minimum absolute atomic E-state index is 0.00516. The number of nitrogens with zero attached hydrogens (tertiary/aromatic N) is 1. The van der Waals surface area contributed by atoms with Gasteiger partial charge in [0.05, 0.1) is 17.5 Å². The molecule has 0 aromatic heterocycles. The highest BCUT2D eigenvalue weighted by Gasteiger charge is 2.26. The average molecular weight is 361 g/mol. The number of thioether (sulfide) groups is 1. The first kappa shape index (κ1) is 16.9. The number of hydrogen-bond acceptors (Lipinski definition) is 3. The van der Waals surface area contributed by atoms with E-state index in [-0.39, 0.29) is 24.4 Å². The summed E-state index contributed by atoms with van der Waals surface area (Å²) in [6.45, 7) is 1.88. The summed E-state index contributed by atoms with van der Waals surface area (Å²) in [4.78, 5) is 27.2. The molecule has 2 aromatic rings. The Morgan fingerprint density at radius 3 is 2.75 bits per heavy atom. The normalized spacial score (nSPS) is 14.9. The number of anilines is 1. The third-order valence-corrected chi connectivity index (χ3v) is 5.25. The lowest BCUT2D eigenvalue weighted by molar-refractivity contribution is -0.123. The van der Waals surface area contributed by atoms with Crippen LogP contribution in [0.1, 0.15) is 18.5 Å². The Kier molecular flexibility index (Phi) is 5.11. The fraction of sp³-hybridized carbons (Fsp3) is 0.222. The predicted octanol–water partition coefficient (Wildman–Crippen LogP) is 3.66. The van der Waals surface area contributed by atoms with Crippen LogP contribution in [0.15, 0.2) is 53.4 Å². The van der Waals surface area contributed by atoms with Gasteiger partial charge < -0.3 is 10.2 Å². The van der Waals surface area contributed by atoms with Gasteiger partial charge in [-0.1, -0.05) is 41.9 Å². The fourth-order valence-corrected chi connectivity index (χ4v) is 3.90. The van der Waals surface area contributed by atoms with Gasteiger partial charge in [-0.05, 0) is 30.7 Å². The first-order valence-electron chi connectivity index (χ1n) is 7.62. The SMILES string of the molecule is CC(NC(=O)CN1C(=O)CSc2ccccc21)c1ccccc1Cl. The second-order valence-electron chi connectivity index (χ2n) is 5.55. The van der Waals surface area contributed by atoms with Crippen molar-refractivity contribution in [2.75, 3.05) is 17.2 Å². The highest BCUT2D eigenvalue weighted by atomic mass is 35.5. The van der Waals surface area contributed by atoms with Crippen LogP contribution in [0.25, 0.3) is 0 Å². The van der Waals surface area contributed by atoms with Crippen LogP contribution in [0.4, 0.5) is 5.69 Å². The number of halogens is 1. The van der Waals surface area contributed by atoms with Gasteiger partial charge in [0.1, 0.15) is 6.54 Å². The van der Waals surface area contributed by atoms with Crippen LogP contribution >= 0.6 is 23.4 Å². The molecule has 6 heteroatoms. The number of carbonyl (C=O) groups excluding carboxylic acids is 2. The van der Waals surface area contributed by atoms with Crippen molar-refractivity contribution in [1.82, 2.24) is 5.32 Å². The maximum atomic E-state index is 12.4. The van der Waals surface area contributed by atoms with Gasteiger partial charge in [-0.15, -0.1) is 11.8 Å². The highest BCUT2D eigenvalue weighted by Crippen LogP contribution is 2.34. The molecule has 0 fully saturated rings. The Hall–Kier alpha value is -1.98. The van der Waals surface area contributed by atoms with Crippen molar-refractivity contribution in [1.29, 1.82) is 0 Å². The third kappa shape index (κ3) is 3.57. The van der Waals surface area contributed by atoms with Crippen LogP contribution < -0.4 is 10.2 Å². The molecule has 0 aliphatic carbocycles. The van der Waals surface area contributed by atoms with Gasteiger partial charge in [-0.3, -0.25) is 9.59 Å². The molecule has 1 unspecified atom stereocenters. The van der Waals surface area contributed by atoms with Gasteiger partial charge >= 0.3 is 0 Å². The Bertz CT molecular complexity index is 781. The maximum Gasteiger partial charge on any atom is 0.240 e. The zero-order valence-corrected chi connectivity index (χ0v) is 14.7. The molecule has 0 spiro atoms. The Labute approximate surface area is 150 Å². The minimum Gasteiger partial charge on any atom is -0.348 e. The number of amides is 2. The van der Waals surface area contributed by atoms with Crippen LogP contribution in [-0.4, -0.2) is 24.1 Å². The summed E-state index contributed by atoms with van der Waals surface area (Å²) in [7, 11) is 0. The van der Waals surface area contributed by atoms with E-state index < -0.39 is 0 Å². The summed E-state index contributed by atoms with van der Waals surface area (Å²) in [5.74, 6) is 0.0846. The van der Waals surface area contributed by atoms with E-state index in [0.29, 0.717) is 10.8 Å². The molecule has 0 saturated heterocycles. The average Bonchev–Trinajstić information content (AvgIpc) is 2.58. The quantitative estimate of drug-likeness (QED) is 0.905. The van der Waals surface area contributed by atoms with Crippen molar-refractivity contribution in [3.8, 4) is 0 Å². The topological polar surface area (TPSA) is 49.4 Å². The molecule has 0 saturated carbocycles. The Morgan fingerprint density at radius 1 is 1.25 bits per heavy atom. The standard InChI is InChI=1S/C18H17ClN2O2S/c1-12(13-6-2-3-7-14(13)19)20-17(22)10-21-15-8-4-5-9-16(15)24-11-18(21)23/h2-9,12H,10-11H2,1H3,(H,20,22). The molecule has 24 heavy (non-hydrogen) atoms. The smallest absolute Gasteiger partial charge is 0.240 e. The van der Waals surface area contributed by atoms with Crippen molar-refractivity contribution in [2.45, 2.75) is 17.9 Å². The van der Waals surface area contributed by atoms with Crippen LogP contribution in [-0.2, 0) is 9.59 Å². The van der Waals surface area contributed by atoms with Crippen LogP contribution in [0.5, 0.6) is 0 Å². The van der Waals surface area contributed by atoms with E-state index in [2.05, 4.69) is 5.32 Å². The summed E-state index contributed by atoms with van der Waals surface area (Å²) >= 11 is 7.67. The van der Waals surface area contributed by atoms with Crippen molar-refractivity contribution >= 4 is 40.9 Å². The molecule has 1 heterocycles. The molecule has 3 rings (SSSR count). The van der Waals surface area contributed by atoms with Crippen LogP contribution in [0.3, 0.4) is 0 Å². The number of carbonyl (C=O) groups is 2. The maximum absolute atomic E-state index is 12.4. The number of benzene rings is 2. The molecule has 124 valence electrons. The Balaban J connectivity index is 1.71. The molecular weight excluding hydrogens is 344 g/mol. The van der Waals surface area contributed by atoms with E-state index in [4.69, 9.17) is 11.6 Å². The number of hydrogen-bond donors (Lipinski definition) is 1. The second kappa shape index (κ2) is 7.28. The number of para-hydroxylation sites is 1. The summed E-state index contributed by atoms with van der Waals surface area (Å²) < 4.78 is 0. The lowest BCUT2D eigenvalue weighted by Crippen LogP contribution is -2.43. The molecule has 1 N–H and O–H groups in total. The van der Waals surface area contributed by atoms with Gasteiger partial charge in [0.2, 0.25) is 11.8 Å². The lowest BCUT2D eigenvalue weighted by atomic mass is 10.1. The number of rotatable bonds is 4. The number of fused-ring (bicyclic) bond motifs is 1. The molecule has 1 atom stereocenters. The van der Waals surface area contributed by atoms with E-state index >= 15 is 0 Å². The molecule has 1 aliphatic heterocycles. The molecule has 4 nitrogen and oxygen atoms in total. The van der Waals surface area contributed by atoms with E-state index in [1.807, 2.05) is 49.4 Å². The van der Waals surface area contributed by atoms with Gasteiger partial charge in [-0.25, -0.2) is 0 Å². The molecule has 2 aromatic carbocycles. The largest absolute Gasteiger partial charge is 0.348 e. The zero-order valence-electron chi connectivity index (χ0n) is 13.2. The van der Waals surface area contributed by atoms with Gasteiger partial charge in [0, 0.05) is 9.92 Å². The van der Waals surface area contributed by atoms with E-state index in [9.17, 15) is 9.59 Å². The van der Waals surface area contributed by atoms with E-state index in [1.165, 1.54) is 11.8 Å². The summed E-state index contributed by atoms with van der Waals surface area (Å²) in [5.41, 5.74) is 1.65. The van der Waals surface area contributed by atoms with Crippen LogP contribution in [0, 0.1) is 0 Å². The lowest BCUT2D eigenvalue weighted by Gasteiger charge is -2.29. The number of nitrogens with one attached hydrogen (secondary N) is 1. The highest BCUT2D eigenvalue weighted by molar-refractivity contribution is 8.00. The second-order valence-corrected chi connectivity index (χ2v) is 6.97. The molecule has 0 bridgehead atoms. The minimum atomic E-state index is -0.226. The third-order valence-electron chi connectivity index (χ3n) is 3.86. The van der Waals surface area contributed by atoms with Crippen molar-refractivity contribution in [2.24, 2.45) is 0 Å². The van der Waals surface area contributed by atoms with Crippen LogP contribution in [0.2, 0.25) is 5.02 Å². The van der Waals surface area contributed by atoms with Crippen molar-refractivity contribution in [3.63, 3.8) is 0 Å². The summed E-state index contributed by atoms with van der Waals surface area (Å²) in [6, 6.07) is 14.8. The zero-order chi connectivity index (χ0) is 17.1.